The van der Waals surface area contributed by atoms with Crippen molar-refractivity contribution in [3.63, 3.8) is 0 Å². The lowest BCUT2D eigenvalue weighted by molar-refractivity contribution is -0.112. The van der Waals surface area contributed by atoms with Gasteiger partial charge in [-0.1, -0.05) is 17.7 Å². The second-order valence-corrected chi connectivity index (χ2v) is 7.09. The van der Waals surface area contributed by atoms with Gasteiger partial charge in [0.05, 0.1) is 4.90 Å². The fraction of sp³-hybridized carbons (Fsp3) is 0.0588. The molecule has 0 aliphatic rings. The molecule has 134 valence electrons. The average Bonchev–Trinajstić information content (AvgIpc) is 2.56. The Labute approximate surface area is 155 Å². The van der Waals surface area contributed by atoms with Crippen LogP contribution in [0.25, 0.3) is 0 Å². The zero-order valence-corrected chi connectivity index (χ0v) is 15.1. The molecule has 2 aromatic rings. The standard InChI is InChI=1S/C17H14ClN3O4S/c1-11-7-13(18)5-6-16(11)20-10-12(9-19)17(22)21-14-3-2-4-15(8-14)26(23,24)25/h2-8,10,20H,1H3,(H,21,22)(H,23,24,25)/b12-10-. The third kappa shape index (κ3) is 5.07. The molecule has 0 spiro atoms. The van der Waals surface area contributed by atoms with Gasteiger partial charge in [0.25, 0.3) is 16.0 Å². The quantitative estimate of drug-likeness (QED) is 0.408. The molecule has 0 radical (unpaired) electrons. The van der Waals surface area contributed by atoms with E-state index in [0.717, 1.165) is 11.6 Å². The van der Waals surface area contributed by atoms with Crippen molar-refractivity contribution in [3.05, 3.63) is 64.8 Å². The van der Waals surface area contributed by atoms with Crippen LogP contribution in [0.5, 0.6) is 0 Å². The van der Waals surface area contributed by atoms with Crippen molar-refractivity contribution in [2.45, 2.75) is 11.8 Å². The molecular formula is C17H14ClN3O4S. The topological polar surface area (TPSA) is 119 Å². The smallest absolute Gasteiger partial charge is 0.294 e. The number of halogens is 1. The fourth-order valence-electron chi connectivity index (χ4n) is 2.02. The first-order valence-corrected chi connectivity index (χ1v) is 9.04. The number of anilines is 2. The zero-order valence-electron chi connectivity index (χ0n) is 13.5. The Morgan fingerprint density at radius 1 is 1.27 bits per heavy atom. The van der Waals surface area contributed by atoms with Gasteiger partial charge in [-0.2, -0.15) is 13.7 Å². The molecule has 0 aliphatic heterocycles. The van der Waals surface area contributed by atoms with E-state index in [9.17, 15) is 18.5 Å². The summed E-state index contributed by atoms with van der Waals surface area (Å²) in [5.74, 6) is -0.737. The first-order valence-electron chi connectivity index (χ1n) is 7.22. The number of rotatable bonds is 5. The molecule has 0 fully saturated rings. The Morgan fingerprint density at radius 3 is 2.62 bits per heavy atom. The minimum absolute atomic E-state index is 0.119. The number of benzene rings is 2. The zero-order chi connectivity index (χ0) is 19.3. The number of aryl methyl sites for hydroxylation is 1. The van der Waals surface area contributed by atoms with Crippen molar-refractivity contribution in [2.75, 3.05) is 10.6 Å². The highest BCUT2D eigenvalue weighted by Crippen LogP contribution is 2.20. The molecule has 26 heavy (non-hydrogen) atoms. The third-order valence-electron chi connectivity index (χ3n) is 3.32. The summed E-state index contributed by atoms with van der Waals surface area (Å²) < 4.78 is 31.3. The van der Waals surface area contributed by atoms with Gasteiger partial charge in [-0.15, -0.1) is 0 Å². The summed E-state index contributed by atoms with van der Waals surface area (Å²) >= 11 is 5.87. The number of carbonyl (C=O) groups is 1. The number of nitrogens with one attached hydrogen (secondary N) is 2. The highest BCUT2D eigenvalue weighted by atomic mass is 35.5. The van der Waals surface area contributed by atoms with E-state index in [1.165, 1.54) is 24.4 Å². The van der Waals surface area contributed by atoms with Gasteiger partial charge in [0.2, 0.25) is 0 Å². The Balaban J connectivity index is 2.17. The van der Waals surface area contributed by atoms with Crippen LogP contribution < -0.4 is 10.6 Å². The molecule has 0 aromatic heterocycles. The summed E-state index contributed by atoms with van der Waals surface area (Å²) in [4.78, 5) is 11.8. The molecule has 2 aromatic carbocycles. The van der Waals surface area contributed by atoms with Crippen LogP contribution in [0.2, 0.25) is 5.02 Å². The summed E-state index contributed by atoms with van der Waals surface area (Å²) in [7, 11) is -4.40. The van der Waals surface area contributed by atoms with Gasteiger partial charge >= 0.3 is 0 Å². The van der Waals surface area contributed by atoms with E-state index in [4.69, 9.17) is 16.2 Å². The normalized spacial score (nSPS) is 11.5. The number of amides is 1. The van der Waals surface area contributed by atoms with Crippen molar-refractivity contribution in [1.29, 1.82) is 5.26 Å². The third-order valence-corrected chi connectivity index (χ3v) is 4.40. The van der Waals surface area contributed by atoms with E-state index in [0.29, 0.717) is 10.7 Å². The first kappa shape index (κ1) is 19.5. The van der Waals surface area contributed by atoms with Gasteiger partial charge in [-0.05, 0) is 48.9 Å². The van der Waals surface area contributed by atoms with E-state index >= 15 is 0 Å². The fourth-order valence-corrected chi connectivity index (χ4v) is 2.77. The number of nitrogens with zero attached hydrogens (tertiary/aromatic N) is 1. The Morgan fingerprint density at radius 2 is 2.00 bits per heavy atom. The molecule has 0 saturated carbocycles. The highest BCUT2D eigenvalue weighted by molar-refractivity contribution is 7.85. The summed E-state index contributed by atoms with van der Waals surface area (Å²) in [6, 6.07) is 11.9. The van der Waals surface area contributed by atoms with Crippen LogP contribution >= 0.6 is 11.6 Å². The van der Waals surface area contributed by atoms with Gasteiger partial charge in [0.15, 0.2) is 0 Å². The van der Waals surface area contributed by atoms with Crippen LogP contribution in [-0.2, 0) is 14.9 Å². The number of nitriles is 1. The van der Waals surface area contributed by atoms with Crippen molar-refractivity contribution >= 4 is 39.0 Å². The molecule has 3 N–H and O–H groups in total. The molecule has 0 bridgehead atoms. The van der Waals surface area contributed by atoms with Crippen LogP contribution in [0.15, 0.2) is 59.1 Å². The minimum Gasteiger partial charge on any atom is -0.360 e. The molecule has 2 rings (SSSR count). The van der Waals surface area contributed by atoms with E-state index < -0.39 is 16.0 Å². The summed E-state index contributed by atoms with van der Waals surface area (Å²) in [6.45, 7) is 1.81. The van der Waals surface area contributed by atoms with Gasteiger partial charge in [-0.25, -0.2) is 0 Å². The molecule has 0 heterocycles. The van der Waals surface area contributed by atoms with Crippen LogP contribution in [0.3, 0.4) is 0 Å². The molecule has 7 nitrogen and oxygen atoms in total. The van der Waals surface area contributed by atoms with E-state index in [2.05, 4.69) is 10.6 Å². The summed E-state index contributed by atoms with van der Waals surface area (Å²) in [5.41, 5.74) is 1.39. The maximum absolute atomic E-state index is 12.2. The SMILES string of the molecule is Cc1cc(Cl)ccc1N/C=C(/C#N)C(=O)Nc1cccc(S(=O)(=O)O)c1. The minimum atomic E-state index is -4.40. The van der Waals surface area contributed by atoms with Crippen LogP contribution in [-0.4, -0.2) is 18.9 Å². The van der Waals surface area contributed by atoms with Crippen LogP contribution in [0.4, 0.5) is 11.4 Å². The van der Waals surface area contributed by atoms with Gasteiger partial charge in [0, 0.05) is 22.6 Å². The summed E-state index contributed by atoms with van der Waals surface area (Å²) in [6.07, 6.45) is 1.23. The second-order valence-electron chi connectivity index (χ2n) is 5.23. The van der Waals surface area contributed by atoms with Crippen molar-refractivity contribution in [1.82, 2.24) is 0 Å². The van der Waals surface area contributed by atoms with Crippen molar-refractivity contribution < 1.29 is 17.8 Å². The first-order chi connectivity index (χ1) is 12.2. The van der Waals surface area contributed by atoms with Gasteiger partial charge < -0.3 is 10.6 Å². The lowest BCUT2D eigenvalue weighted by Crippen LogP contribution is -2.15. The predicted molar refractivity (Wildman–Crippen MR) is 98.4 cm³/mol. The number of hydrogen-bond acceptors (Lipinski definition) is 5. The molecule has 9 heteroatoms. The Kier molecular flexibility index (Phi) is 6.00. The monoisotopic (exact) mass is 391 g/mol. The predicted octanol–water partition coefficient (Wildman–Crippen LogP) is 3.35. The molecule has 1 amide bonds. The van der Waals surface area contributed by atoms with Gasteiger partial charge in [0.1, 0.15) is 11.6 Å². The Hall–Kier alpha value is -2.86. The molecular weight excluding hydrogens is 378 g/mol. The maximum Gasteiger partial charge on any atom is 0.294 e. The van der Waals surface area contributed by atoms with Crippen LogP contribution in [0, 0.1) is 18.3 Å². The van der Waals surface area contributed by atoms with Gasteiger partial charge in [-0.3, -0.25) is 9.35 Å². The molecule has 0 aliphatic carbocycles. The Bertz CT molecular complexity index is 1030. The summed E-state index contributed by atoms with van der Waals surface area (Å²) in [5, 5.41) is 15.0. The molecule has 0 saturated heterocycles. The lowest BCUT2D eigenvalue weighted by atomic mass is 10.2. The second kappa shape index (κ2) is 8.01. The molecule has 0 unspecified atom stereocenters. The highest BCUT2D eigenvalue weighted by Gasteiger charge is 2.13. The lowest BCUT2D eigenvalue weighted by Gasteiger charge is -2.08. The average molecular weight is 392 g/mol. The van der Waals surface area contributed by atoms with E-state index in [1.54, 1.807) is 24.3 Å². The number of carbonyl (C=O) groups excluding carboxylic acids is 1. The van der Waals surface area contributed by atoms with Crippen LogP contribution in [0.1, 0.15) is 5.56 Å². The number of hydrogen-bond donors (Lipinski definition) is 3. The van der Waals surface area contributed by atoms with Crippen molar-refractivity contribution in [2.24, 2.45) is 0 Å². The molecule has 0 atom stereocenters. The van der Waals surface area contributed by atoms with Crippen molar-refractivity contribution in [3.8, 4) is 6.07 Å². The van der Waals surface area contributed by atoms with E-state index in [-0.39, 0.29) is 16.2 Å². The maximum atomic E-state index is 12.2. The van der Waals surface area contributed by atoms with E-state index in [1.807, 2.05) is 6.92 Å². The largest absolute Gasteiger partial charge is 0.360 e.